The molecule has 0 aromatic carbocycles. The Labute approximate surface area is 123 Å². The van der Waals surface area contributed by atoms with Crippen molar-refractivity contribution in [3.8, 4) is 0 Å². The Kier molecular flexibility index (Phi) is 3.53. The van der Waals surface area contributed by atoms with Crippen molar-refractivity contribution in [3.05, 3.63) is 40.8 Å². The molecule has 0 aliphatic heterocycles. The molecular weight excluding hydrogens is 296 g/mol. The summed E-state index contributed by atoms with van der Waals surface area (Å²) < 4.78 is 1.08. The number of hydrogen-bond acceptors (Lipinski definition) is 7. The molecule has 0 aliphatic rings. The van der Waals surface area contributed by atoms with Gasteiger partial charge in [-0.2, -0.15) is 5.11 Å². The van der Waals surface area contributed by atoms with Crippen LogP contribution in [0.1, 0.15) is 5.01 Å². The SMILES string of the molecule is N=Nc1ccc(Cl)nc1NCc1nc2cnccc2s1. The highest BCUT2D eigenvalue weighted by atomic mass is 35.5. The van der Waals surface area contributed by atoms with Crippen molar-refractivity contribution >= 4 is 44.7 Å². The summed E-state index contributed by atoms with van der Waals surface area (Å²) >= 11 is 7.43. The normalized spacial score (nSPS) is 10.7. The summed E-state index contributed by atoms with van der Waals surface area (Å²) in [4.78, 5) is 12.6. The second-order valence-corrected chi connectivity index (χ2v) is 5.42. The molecule has 3 aromatic heterocycles. The average Bonchev–Trinajstić information content (AvgIpc) is 2.88. The first-order valence-electron chi connectivity index (χ1n) is 5.73. The molecule has 3 heterocycles. The van der Waals surface area contributed by atoms with Crippen LogP contribution in [0.25, 0.3) is 10.2 Å². The van der Waals surface area contributed by atoms with Crippen LogP contribution in [-0.4, -0.2) is 15.0 Å². The highest BCUT2D eigenvalue weighted by molar-refractivity contribution is 7.18. The lowest BCUT2D eigenvalue weighted by Crippen LogP contribution is -2.01. The molecule has 100 valence electrons. The minimum Gasteiger partial charge on any atom is -0.362 e. The smallest absolute Gasteiger partial charge is 0.155 e. The maximum atomic E-state index is 7.11. The average molecular weight is 305 g/mol. The van der Waals surface area contributed by atoms with Crippen LogP contribution >= 0.6 is 22.9 Å². The molecule has 0 atom stereocenters. The summed E-state index contributed by atoms with van der Waals surface area (Å²) in [5.41, 5.74) is 8.42. The summed E-state index contributed by atoms with van der Waals surface area (Å²) in [6.45, 7) is 0.495. The molecule has 0 radical (unpaired) electrons. The number of hydrogen-bond donors (Lipinski definition) is 2. The lowest BCUT2D eigenvalue weighted by Gasteiger charge is -2.05. The first-order valence-corrected chi connectivity index (χ1v) is 6.93. The second-order valence-electron chi connectivity index (χ2n) is 3.92. The zero-order valence-electron chi connectivity index (χ0n) is 10.2. The van der Waals surface area contributed by atoms with Gasteiger partial charge in [0.25, 0.3) is 0 Å². The van der Waals surface area contributed by atoms with Gasteiger partial charge in [-0.15, -0.1) is 11.3 Å². The first kappa shape index (κ1) is 12.9. The summed E-state index contributed by atoms with van der Waals surface area (Å²) in [6.07, 6.45) is 3.48. The zero-order valence-corrected chi connectivity index (χ0v) is 11.7. The molecule has 0 aliphatic carbocycles. The molecule has 20 heavy (non-hydrogen) atoms. The fourth-order valence-corrected chi connectivity index (χ4v) is 2.73. The fourth-order valence-electron chi connectivity index (χ4n) is 1.71. The van der Waals surface area contributed by atoms with E-state index < -0.39 is 0 Å². The third-order valence-electron chi connectivity index (χ3n) is 2.60. The van der Waals surface area contributed by atoms with Gasteiger partial charge in [0.1, 0.15) is 15.8 Å². The Hall–Kier alpha value is -2.12. The minimum absolute atomic E-state index is 0.355. The standard InChI is InChI=1S/C12H9ClN6S/c13-10-2-1-7(19-14)12(18-10)16-6-11-17-8-5-15-4-3-9(8)20-11/h1-5,14H,6H2,(H,16,18). The van der Waals surface area contributed by atoms with Crippen LogP contribution in [0.4, 0.5) is 11.5 Å². The van der Waals surface area contributed by atoms with E-state index in [9.17, 15) is 0 Å². The highest BCUT2D eigenvalue weighted by Gasteiger charge is 2.07. The molecular formula is C12H9ClN6S. The maximum absolute atomic E-state index is 7.11. The number of nitrogens with one attached hydrogen (secondary N) is 2. The quantitative estimate of drug-likeness (QED) is 0.563. The van der Waals surface area contributed by atoms with Crippen LogP contribution < -0.4 is 5.32 Å². The Bertz CT molecular complexity index is 738. The Morgan fingerprint density at radius 1 is 1.30 bits per heavy atom. The number of halogens is 1. The van der Waals surface area contributed by atoms with Gasteiger partial charge in [0.15, 0.2) is 5.82 Å². The fraction of sp³-hybridized carbons (Fsp3) is 0.0833. The molecule has 0 saturated heterocycles. The van der Waals surface area contributed by atoms with Crippen molar-refractivity contribution in [2.45, 2.75) is 6.54 Å². The van der Waals surface area contributed by atoms with Gasteiger partial charge in [0.2, 0.25) is 0 Å². The molecule has 3 aromatic rings. The number of aromatic nitrogens is 3. The predicted molar refractivity (Wildman–Crippen MR) is 78.8 cm³/mol. The maximum Gasteiger partial charge on any atom is 0.155 e. The van der Waals surface area contributed by atoms with Gasteiger partial charge in [-0.25, -0.2) is 15.5 Å². The first-order chi connectivity index (χ1) is 9.76. The van der Waals surface area contributed by atoms with E-state index in [1.54, 1.807) is 35.9 Å². The van der Waals surface area contributed by atoms with Gasteiger partial charge in [0.05, 0.1) is 23.0 Å². The number of fused-ring (bicyclic) bond motifs is 1. The van der Waals surface area contributed by atoms with Crippen LogP contribution in [0.5, 0.6) is 0 Å². The molecule has 0 amide bonds. The van der Waals surface area contributed by atoms with Gasteiger partial charge in [-0.3, -0.25) is 4.98 Å². The lowest BCUT2D eigenvalue weighted by molar-refractivity contribution is 1.06. The van der Waals surface area contributed by atoms with Crippen molar-refractivity contribution in [2.75, 3.05) is 5.32 Å². The topological polar surface area (TPSA) is 86.9 Å². The van der Waals surface area contributed by atoms with E-state index in [1.807, 2.05) is 6.07 Å². The van der Waals surface area contributed by atoms with E-state index in [1.165, 1.54) is 0 Å². The van der Waals surface area contributed by atoms with E-state index in [-0.39, 0.29) is 0 Å². The summed E-state index contributed by atoms with van der Waals surface area (Å²) in [6, 6.07) is 5.18. The van der Waals surface area contributed by atoms with Crippen molar-refractivity contribution in [1.82, 2.24) is 15.0 Å². The van der Waals surface area contributed by atoms with E-state index in [4.69, 9.17) is 17.1 Å². The van der Waals surface area contributed by atoms with Gasteiger partial charge < -0.3 is 5.32 Å². The van der Waals surface area contributed by atoms with Crippen molar-refractivity contribution < 1.29 is 0 Å². The monoisotopic (exact) mass is 304 g/mol. The van der Waals surface area contributed by atoms with Crippen molar-refractivity contribution in [1.29, 1.82) is 5.53 Å². The second kappa shape index (κ2) is 5.48. The summed E-state index contributed by atoms with van der Waals surface area (Å²) in [5, 5.41) is 7.77. The van der Waals surface area contributed by atoms with Gasteiger partial charge >= 0.3 is 0 Å². The minimum atomic E-state index is 0.355. The van der Waals surface area contributed by atoms with Crippen LogP contribution in [0.3, 0.4) is 0 Å². The third kappa shape index (κ3) is 2.59. The van der Waals surface area contributed by atoms with Crippen LogP contribution in [0.2, 0.25) is 5.15 Å². The molecule has 3 rings (SSSR count). The molecule has 0 unspecified atom stereocenters. The number of nitrogens with zero attached hydrogens (tertiary/aromatic N) is 4. The largest absolute Gasteiger partial charge is 0.362 e. The van der Waals surface area contributed by atoms with Crippen molar-refractivity contribution in [3.63, 3.8) is 0 Å². The van der Waals surface area contributed by atoms with Gasteiger partial charge in [0, 0.05) is 6.20 Å². The number of thiazole rings is 1. The van der Waals surface area contributed by atoms with Gasteiger partial charge in [-0.1, -0.05) is 11.6 Å². The van der Waals surface area contributed by atoms with E-state index in [0.717, 1.165) is 15.2 Å². The summed E-state index contributed by atoms with van der Waals surface area (Å²) in [7, 11) is 0. The number of rotatable bonds is 4. The molecule has 6 nitrogen and oxygen atoms in total. The van der Waals surface area contributed by atoms with E-state index in [2.05, 4.69) is 25.4 Å². The molecule has 0 spiro atoms. The Morgan fingerprint density at radius 3 is 3.00 bits per heavy atom. The van der Waals surface area contributed by atoms with E-state index in [0.29, 0.717) is 23.2 Å². The Morgan fingerprint density at radius 2 is 2.20 bits per heavy atom. The number of pyridine rings is 2. The lowest BCUT2D eigenvalue weighted by atomic mass is 10.4. The van der Waals surface area contributed by atoms with Crippen LogP contribution in [-0.2, 0) is 6.54 Å². The molecule has 2 N–H and O–H groups in total. The van der Waals surface area contributed by atoms with Crippen molar-refractivity contribution in [2.24, 2.45) is 5.11 Å². The molecule has 8 heteroatoms. The number of anilines is 1. The molecule has 0 fully saturated rings. The zero-order chi connectivity index (χ0) is 13.9. The molecule has 0 bridgehead atoms. The third-order valence-corrected chi connectivity index (χ3v) is 3.85. The van der Waals surface area contributed by atoms with Crippen LogP contribution in [0.15, 0.2) is 35.7 Å². The van der Waals surface area contributed by atoms with Gasteiger partial charge in [-0.05, 0) is 18.2 Å². The van der Waals surface area contributed by atoms with Crippen LogP contribution in [0, 0.1) is 5.53 Å². The summed E-state index contributed by atoms with van der Waals surface area (Å²) in [5.74, 6) is 0.477. The predicted octanol–water partition coefficient (Wildman–Crippen LogP) is 4.01. The van der Waals surface area contributed by atoms with E-state index >= 15 is 0 Å². The Balaban J connectivity index is 1.82. The molecule has 0 saturated carbocycles. The highest BCUT2D eigenvalue weighted by Crippen LogP contribution is 2.26.